The molecule has 6 heteroatoms. The van der Waals surface area contributed by atoms with E-state index in [1.54, 1.807) is 20.4 Å². The van der Waals surface area contributed by atoms with Crippen LogP contribution in [0, 0.1) is 0 Å². The Bertz CT molecular complexity index is 517. The van der Waals surface area contributed by atoms with Gasteiger partial charge in [-0.3, -0.25) is 0 Å². The number of hydrogen-bond donors (Lipinski definition) is 1. The lowest BCUT2D eigenvalue weighted by Crippen LogP contribution is -2.06. The van der Waals surface area contributed by atoms with E-state index >= 15 is 0 Å². The van der Waals surface area contributed by atoms with Crippen LogP contribution in [-0.4, -0.2) is 23.8 Å². The molecule has 0 saturated carbocycles. The Kier molecular flexibility index (Phi) is 4.70. The number of ether oxygens (including phenoxy) is 2. The molecule has 102 valence electrons. The van der Waals surface area contributed by atoms with Gasteiger partial charge in [0.1, 0.15) is 10.8 Å². The third kappa shape index (κ3) is 3.42. The molecule has 0 amide bonds. The number of aromatic nitrogens is 2. The summed E-state index contributed by atoms with van der Waals surface area (Å²) >= 11 is 1.35. The predicted molar refractivity (Wildman–Crippen MR) is 75.7 cm³/mol. The molecule has 0 spiro atoms. The van der Waals surface area contributed by atoms with E-state index in [0.717, 1.165) is 16.3 Å². The van der Waals surface area contributed by atoms with Crippen molar-refractivity contribution in [2.24, 2.45) is 0 Å². The lowest BCUT2D eigenvalue weighted by atomic mass is 10.0. The maximum Gasteiger partial charge on any atom is 0.130 e. The normalized spacial score (nSPS) is 12.2. The average Bonchev–Trinajstić information content (AvgIpc) is 2.92. The van der Waals surface area contributed by atoms with Crippen LogP contribution in [0.15, 0.2) is 24.4 Å². The Hall–Kier alpha value is -1.66. The molecule has 0 aliphatic heterocycles. The van der Waals surface area contributed by atoms with Gasteiger partial charge in [0.2, 0.25) is 0 Å². The quantitative estimate of drug-likeness (QED) is 0.881. The van der Waals surface area contributed by atoms with Gasteiger partial charge < -0.3 is 14.8 Å². The summed E-state index contributed by atoms with van der Waals surface area (Å²) < 4.78 is 14.3. The standard InChI is InChI=1S/C13H17N3O2S/c1-9(15-13-7-14-16-19-13)10-4-5-12(18-3)11(6-10)8-17-2/h4-7,9,15H,8H2,1-3H3. The molecule has 0 aliphatic rings. The second kappa shape index (κ2) is 6.49. The van der Waals surface area contributed by atoms with Crippen LogP contribution in [0.25, 0.3) is 0 Å². The van der Waals surface area contributed by atoms with Crippen LogP contribution in [0.5, 0.6) is 5.75 Å². The Morgan fingerprint density at radius 1 is 1.37 bits per heavy atom. The minimum absolute atomic E-state index is 0.170. The molecule has 2 aromatic rings. The van der Waals surface area contributed by atoms with E-state index in [1.807, 2.05) is 12.1 Å². The molecule has 1 unspecified atom stereocenters. The highest BCUT2D eigenvalue weighted by atomic mass is 32.1. The molecule has 0 bridgehead atoms. The molecule has 0 radical (unpaired) electrons. The predicted octanol–water partition coefficient (Wildman–Crippen LogP) is 2.87. The van der Waals surface area contributed by atoms with Crippen molar-refractivity contribution in [3.8, 4) is 5.75 Å². The third-order valence-electron chi connectivity index (χ3n) is 2.82. The molecule has 1 N–H and O–H groups in total. The van der Waals surface area contributed by atoms with E-state index in [4.69, 9.17) is 9.47 Å². The van der Waals surface area contributed by atoms with Crippen LogP contribution in [0.2, 0.25) is 0 Å². The fraction of sp³-hybridized carbons (Fsp3) is 0.385. The molecule has 0 aliphatic carbocycles. The number of benzene rings is 1. The highest BCUT2D eigenvalue weighted by Gasteiger charge is 2.10. The number of anilines is 1. The number of nitrogens with zero attached hydrogens (tertiary/aromatic N) is 2. The van der Waals surface area contributed by atoms with E-state index in [1.165, 1.54) is 17.1 Å². The zero-order valence-electron chi connectivity index (χ0n) is 11.2. The van der Waals surface area contributed by atoms with Gasteiger partial charge in [0, 0.05) is 30.2 Å². The van der Waals surface area contributed by atoms with Gasteiger partial charge in [-0.1, -0.05) is 10.6 Å². The van der Waals surface area contributed by atoms with Crippen LogP contribution in [0.4, 0.5) is 5.00 Å². The summed E-state index contributed by atoms with van der Waals surface area (Å²) in [4.78, 5) is 0. The fourth-order valence-electron chi connectivity index (χ4n) is 1.86. The van der Waals surface area contributed by atoms with Crippen molar-refractivity contribution in [2.75, 3.05) is 19.5 Å². The van der Waals surface area contributed by atoms with Gasteiger partial charge >= 0.3 is 0 Å². The first kappa shape index (κ1) is 13.8. The summed E-state index contributed by atoms with van der Waals surface area (Å²) in [7, 11) is 3.34. The number of rotatable bonds is 6. The Labute approximate surface area is 116 Å². The van der Waals surface area contributed by atoms with Gasteiger partial charge in [0.25, 0.3) is 0 Å². The summed E-state index contributed by atoms with van der Waals surface area (Å²) in [6.45, 7) is 2.63. The lowest BCUT2D eigenvalue weighted by Gasteiger charge is -2.16. The van der Waals surface area contributed by atoms with Crippen molar-refractivity contribution in [3.63, 3.8) is 0 Å². The van der Waals surface area contributed by atoms with Crippen LogP contribution in [-0.2, 0) is 11.3 Å². The van der Waals surface area contributed by atoms with Crippen molar-refractivity contribution < 1.29 is 9.47 Å². The molecule has 1 atom stereocenters. The third-order valence-corrected chi connectivity index (χ3v) is 3.42. The SMILES string of the molecule is COCc1cc(C(C)Nc2cnns2)ccc1OC. The van der Waals surface area contributed by atoms with E-state index in [9.17, 15) is 0 Å². The zero-order valence-corrected chi connectivity index (χ0v) is 12.0. The second-order valence-corrected chi connectivity index (χ2v) is 4.94. The Morgan fingerprint density at radius 3 is 2.84 bits per heavy atom. The van der Waals surface area contributed by atoms with Crippen LogP contribution in [0.1, 0.15) is 24.1 Å². The number of hydrogen-bond acceptors (Lipinski definition) is 6. The van der Waals surface area contributed by atoms with Crippen LogP contribution >= 0.6 is 11.5 Å². The molecule has 5 nitrogen and oxygen atoms in total. The summed E-state index contributed by atoms with van der Waals surface area (Å²) in [5.74, 6) is 0.845. The average molecular weight is 279 g/mol. The number of nitrogens with one attached hydrogen (secondary N) is 1. The van der Waals surface area contributed by atoms with Crippen molar-refractivity contribution >= 4 is 16.5 Å². The van der Waals surface area contributed by atoms with Crippen molar-refractivity contribution in [1.29, 1.82) is 0 Å². The zero-order chi connectivity index (χ0) is 13.7. The van der Waals surface area contributed by atoms with Crippen molar-refractivity contribution in [3.05, 3.63) is 35.5 Å². The summed E-state index contributed by atoms with van der Waals surface area (Å²) in [6.07, 6.45) is 1.72. The minimum Gasteiger partial charge on any atom is -0.496 e. The first-order valence-corrected chi connectivity index (χ1v) is 6.71. The maximum absolute atomic E-state index is 5.32. The molecule has 1 heterocycles. The highest BCUT2D eigenvalue weighted by Crippen LogP contribution is 2.26. The van der Waals surface area contributed by atoms with E-state index < -0.39 is 0 Å². The van der Waals surface area contributed by atoms with Gasteiger partial charge in [-0.05, 0) is 24.6 Å². The summed E-state index contributed by atoms with van der Waals surface area (Å²) in [5.41, 5.74) is 2.21. The van der Waals surface area contributed by atoms with Crippen LogP contribution < -0.4 is 10.1 Å². The first-order valence-electron chi connectivity index (χ1n) is 5.94. The van der Waals surface area contributed by atoms with Gasteiger partial charge in [-0.25, -0.2) is 0 Å². The van der Waals surface area contributed by atoms with Crippen molar-refractivity contribution in [1.82, 2.24) is 9.59 Å². The number of methoxy groups -OCH3 is 2. The highest BCUT2D eigenvalue weighted by molar-refractivity contribution is 7.09. The van der Waals surface area contributed by atoms with Crippen molar-refractivity contribution in [2.45, 2.75) is 19.6 Å². The first-order chi connectivity index (χ1) is 9.24. The Morgan fingerprint density at radius 2 is 2.21 bits per heavy atom. The Balaban J connectivity index is 2.17. The molecular weight excluding hydrogens is 262 g/mol. The lowest BCUT2D eigenvalue weighted by molar-refractivity contribution is 0.181. The molecule has 0 saturated heterocycles. The van der Waals surface area contributed by atoms with E-state index in [-0.39, 0.29) is 6.04 Å². The van der Waals surface area contributed by atoms with Gasteiger partial charge in [-0.15, -0.1) is 5.10 Å². The van der Waals surface area contributed by atoms with Crippen LogP contribution in [0.3, 0.4) is 0 Å². The molecule has 1 aromatic carbocycles. The molecular formula is C13H17N3O2S. The largest absolute Gasteiger partial charge is 0.496 e. The van der Waals surface area contributed by atoms with E-state index in [0.29, 0.717) is 6.61 Å². The monoisotopic (exact) mass is 279 g/mol. The molecule has 2 rings (SSSR count). The van der Waals surface area contributed by atoms with Gasteiger partial charge in [-0.2, -0.15) is 0 Å². The smallest absolute Gasteiger partial charge is 0.130 e. The molecule has 19 heavy (non-hydrogen) atoms. The van der Waals surface area contributed by atoms with Gasteiger partial charge in [0.05, 0.1) is 19.9 Å². The van der Waals surface area contributed by atoms with Gasteiger partial charge in [0.15, 0.2) is 0 Å². The maximum atomic E-state index is 5.32. The minimum atomic E-state index is 0.170. The fourth-order valence-corrected chi connectivity index (χ4v) is 2.37. The summed E-state index contributed by atoms with van der Waals surface area (Å²) in [6, 6.07) is 6.27. The van der Waals surface area contributed by atoms with E-state index in [2.05, 4.69) is 27.9 Å². The second-order valence-electron chi connectivity index (χ2n) is 4.15. The summed E-state index contributed by atoms with van der Waals surface area (Å²) in [5, 5.41) is 8.12. The molecule has 1 aromatic heterocycles. The molecule has 0 fully saturated rings. The topological polar surface area (TPSA) is 56.3 Å².